The molecular formula is C13H13NO4. The van der Waals surface area contributed by atoms with Gasteiger partial charge in [-0.15, -0.1) is 6.58 Å². The molecule has 0 radical (unpaired) electrons. The van der Waals surface area contributed by atoms with Crippen molar-refractivity contribution in [1.82, 2.24) is 4.98 Å². The van der Waals surface area contributed by atoms with Crippen molar-refractivity contribution in [3.05, 3.63) is 35.9 Å². The highest BCUT2D eigenvalue weighted by Gasteiger charge is 2.10. The molecule has 0 saturated heterocycles. The van der Waals surface area contributed by atoms with Crippen molar-refractivity contribution in [1.29, 1.82) is 0 Å². The molecular weight excluding hydrogens is 234 g/mol. The van der Waals surface area contributed by atoms with Gasteiger partial charge in [0.05, 0.1) is 12.2 Å². The molecule has 0 spiro atoms. The first kappa shape index (κ1) is 12.2. The first-order valence-corrected chi connectivity index (χ1v) is 5.47. The molecule has 1 heterocycles. The van der Waals surface area contributed by atoms with E-state index in [1.54, 1.807) is 6.07 Å². The highest BCUT2D eigenvalue weighted by molar-refractivity contribution is 5.91. The van der Waals surface area contributed by atoms with E-state index >= 15 is 0 Å². The predicted molar refractivity (Wildman–Crippen MR) is 65.9 cm³/mol. The predicted octanol–water partition coefficient (Wildman–Crippen LogP) is 2.87. The minimum atomic E-state index is -1.00. The quantitative estimate of drug-likeness (QED) is 0.822. The van der Waals surface area contributed by atoms with E-state index in [4.69, 9.17) is 14.3 Å². The fourth-order valence-electron chi connectivity index (χ4n) is 1.41. The van der Waals surface area contributed by atoms with Crippen LogP contribution in [0.1, 0.15) is 23.7 Å². The lowest BCUT2D eigenvalue weighted by molar-refractivity contribution is 0.0697. The number of nitrogens with zero attached hydrogens (tertiary/aromatic N) is 1. The standard InChI is InChI=1S/C13H13NO4/c1-8(2)5-6-17-13-14-10-4-3-9(12(15)16)7-11(10)18-13/h3-4,7H,1,5-6H2,2H3,(H,15,16). The van der Waals surface area contributed by atoms with Crippen LogP contribution in [0.5, 0.6) is 6.08 Å². The number of aromatic carboxylic acids is 1. The van der Waals surface area contributed by atoms with Crippen molar-refractivity contribution in [3.8, 4) is 6.08 Å². The average molecular weight is 247 g/mol. The third kappa shape index (κ3) is 2.68. The molecule has 2 rings (SSSR count). The molecule has 2 aromatic rings. The summed E-state index contributed by atoms with van der Waals surface area (Å²) in [6.07, 6.45) is 0.868. The Morgan fingerprint density at radius 2 is 2.33 bits per heavy atom. The Morgan fingerprint density at radius 1 is 1.56 bits per heavy atom. The number of carboxylic acid groups (broad SMARTS) is 1. The largest absolute Gasteiger partial charge is 0.478 e. The van der Waals surface area contributed by atoms with Gasteiger partial charge in [-0.1, -0.05) is 5.57 Å². The molecule has 5 nitrogen and oxygen atoms in total. The minimum Gasteiger partial charge on any atom is -0.478 e. The van der Waals surface area contributed by atoms with Gasteiger partial charge in [0.15, 0.2) is 5.58 Å². The third-order valence-corrected chi connectivity index (χ3v) is 2.37. The monoisotopic (exact) mass is 247 g/mol. The number of ether oxygens (including phenoxy) is 1. The molecule has 18 heavy (non-hydrogen) atoms. The fourth-order valence-corrected chi connectivity index (χ4v) is 1.41. The fraction of sp³-hybridized carbons (Fsp3) is 0.231. The number of carbonyl (C=O) groups is 1. The van der Waals surface area contributed by atoms with Crippen LogP contribution in [0.25, 0.3) is 11.1 Å². The number of fused-ring (bicyclic) bond motifs is 1. The van der Waals surface area contributed by atoms with Crippen LogP contribution in [-0.2, 0) is 0 Å². The van der Waals surface area contributed by atoms with Crippen LogP contribution in [-0.4, -0.2) is 22.7 Å². The number of benzene rings is 1. The maximum atomic E-state index is 10.8. The molecule has 0 atom stereocenters. The summed E-state index contributed by atoms with van der Waals surface area (Å²) < 4.78 is 10.6. The van der Waals surface area contributed by atoms with E-state index in [0.717, 1.165) is 12.0 Å². The second kappa shape index (κ2) is 4.91. The Balaban J connectivity index is 2.16. The van der Waals surface area contributed by atoms with Crippen molar-refractivity contribution in [2.45, 2.75) is 13.3 Å². The van der Waals surface area contributed by atoms with E-state index in [2.05, 4.69) is 11.6 Å². The minimum absolute atomic E-state index is 0.147. The van der Waals surface area contributed by atoms with Crippen molar-refractivity contribution < 1.29 is 19.1 Å². The molecule has 0 fully saturated rings. The summed E-state index contributed by atoms with van der Waals surface area (Å²) in [5.74, 6) is -1.00. The second-order valence-corrected chi connectivity index (χ2v) is 4.02. The summed E-state index contributed by atoms with van der Waals surface area (Å²) in [5, 5.41) is 8.85. The molecule has 1 N–H and O–H groups in total. The molecule has 0 aliphatic heterocycles. The van der Waals surface area contributed by atoms with E-state index in [1.807, 2.05) is 6.92 Å². The molecule has 0 bridgehead atoms. The van der Waals surface area contributed by atoms with Gasteiger partial charge in [0.25, 0.3) is 0 Å². The number of carboxylic acids is 1. The van der Waals surface area contributed by atoms with Crippen LogP contribution in [0.4, 0.5) is 0 Å². The van der Waals surface area contributed by atoms with Gasteiger partial charge in [-0.05, 0) is 25.1 Å². The molecule has 5 heteroatoms. The Bertz CT molecular complexity index is 600. The van der Waals surface area contributed by atoms with Crippen LogP contribution in [0.15, 0.2) is 34.8 Å². The molecule has 1 aromatic heterocycles. The number of oxazole rings is 1. The molecule has 94 valence electrons. The summed E-state index contributed by atoms with van der Waals surface area (Å²) in [6, 6.07) is 4.50. The average Bonchev–Trinajstić information content (AvgIpc) is 2.69. The Morgan fingerprint density at radius 3 is 3.00 bits per heavy atom. The topological polar surface area (TPSA) is 72.6 Å². The summed E-state index contributed by atoms with van der Waals surface area (Å²) in [5.41, 5.74) is 2.15. The van der Waals surface area contributed by atoms with Gasteiger partial charge in [0.1, 0.15) is 5.52 Å². The SMILES string of the molecule is C=C(C)CCOc1nc2ccc(C(=O)O)cc2o1. The van der Waals surface area contributed by atoms with Gasteiger partial charge in [-0.25, -0.2) is 4.79 Å². The van der Waals surface area contributed by atoms with Crippen LogP contribution in [0, 0.1) is 0 Å². The molecule has 0 unspecified atom stereocenters. The van der Waals surface area contributed by atoms with Crippen molar-refractivity contribution in [2.75, 3.05) is 6.61 Å². The van der Waals surface area contributed by atoms with Crippen molar-refractivity contribution >= 4 is 17.1 Å². The zero-order valence-electron chi connectivity index (χ0n) is 9.97. The Kier molecular flexibility index (Phi) is 3.32. The van der Waals surface area contributed by atoms with E-state index < -0.39 is 5.97 Å². The maximum Gasteiger partial charge on any atom is 0.394 e. The van der Waals surface area contributed by atoms with Crippen LogP contribution in [0.3, 0.4) is 0 Å². The van der Waals surface area contributed by atoms with Gasteiger partial charge in [0, 0.05) is 6.42 Å². The van der Waals surface area contributed by atoms with Crippen LogP contribution < -0.4 is 4.74 Å². The smallest absolute Gasteiger partial charge is 0.394 e. The summed E-state index contributed by atoms with van der Waals surface area (Å²) in [4.78, 5) is 14.9. The molecule has 0 aliphatic rings. The van der Waals surface area contributed by atoms with Gasteiger partial charge in [-0.3, -0.25) is 0 Å². The Labute approximate surface area is 104 Å². The first-order chi connectivity index (χ1) is 8.56. The summed E-state index contributed by atoms with van der Waals surface area (Å²) in [7, 11) is 0. The number of rotatable bonds is 5. The van der Waals surface area contributed by atoms with E-state index in [0.29, 0.717) is 17.7 Å². The highest BCUT2D eigenvalue weighted by Crippen LogP contribution is 2.22. The lowest BCUT2D eigenvalue weighted by Crippen LogP contribution is -1.97. The van der Waals surface area contributed by atoms with Gasteiger partial charge in [0.2, 0.25) is 0 Å². The van der Waals surface area contributed by atoms with E-state index in [1.165, 1.54) is 12.1 Å². The van der Waals surface area contributed by atoms with Crippen molar-refractivity contribution in [3.63, 3.8) is 0 Å². The maximum absolute atomic E-state index is 10.8. The number of aromatic nitrogens is 1. The molecule has 1 aromatic carbocycles. The number of hydrogen-bond donors (Lipinski definition) is 1. The lowest BCUT2D eigenvalue weighted by Gasteiger charge is -1.99. The zero-order valence-corrected chi connectivity index (χ0v) is 9.97. The molecule has 0 aliphatic carbocycles. The Hall–Kier alpha value is -2.30. The van der Waals surface area contributed by atoms with Gasteiger partial charge in [-0.2, -0.15) is 4.98 Å². The van der Waals surface area contributed by atoms with E-state index in [-0.39, 0.29) is 11.6 Å². The number of hydrogen-bond acceptors (Lipinski definition) is 4. The lowest BCUT2D eigenvalue weighted by atomic mass is 10.2. The van der Waals surface area contributed by atoms with E-state index in [9.17, 15) is 4.79 Å². The normalized spacial score (nSPS) is 10.5. The first-order valence-electron chi connectivity index (χ1n) is 5.47. The highest BCUT2D eigenvalue weighted by atomic mass is 16.6. The van der Waals surface area contributed by atoms with Crippen molar-refractivity contribution in [2.24, 2.45) is 0 Å². The zero-order chi connectivity index (χ0) is 13.1. The second-order valence-electron chi connectivity index (χ2n) is 4.02. The summed E-state index contributed by atoms with van der Waals surface area (Å²) >= 11 is 0. The molecule has 0 amide bonds. The van der Waals surface area contributed by atoms with Gasteiger partial charge < -0.3 is 14.3 Å². The third-order valence-electron chi connectivity index (χ3n) is 2.37. The van der Waals surface area contributed by atoms with Crippen LogP contribution >= 0.6 is 0 Å². The van der Waals surface area contributed by atoms with Gasteiger partial charge >= 0.3 is 12.0 Å². The summed E-state index contributed by atoms with van der Waals surface area (Å²) in [6.45, 7) is 6.11. The van der Waals surface area contributed by atoms with Crippen LogP contribution in [0.2, 0.25) is 0 Å². The molecule has 0 saturated carbocycles.